The topological polar surface area (TPSA) is 63.8 Å². The molecular weight excluding hydrogens is 376 g/mol. The third kappa shape index (κ3) is 4.26. The Morgan fingerprint density at radius 1 is 1.21 bits per heavy atom. The first-order valence-electron chi connectivity index (χ1n) is 9.33. The molecule has 2 aromatic carbocycles. The van der Waals surface area contributed by atoms with Crippen LogP contribution in [0.15, 0.2) is 57.9 Å². The van der Waals surface area contributed by atoms with Crippen LogP contribution in [0.5, 0.6) is 0 Å². The monoisotopic (exact) mass is 396 g/mol. The number of hydrogen-bond donors (Lipinski definition) is 1. The van der Waals surface area contributed by atoms with Crippen molar-refractivity contribution >= 4 is 34.2 Å². The van der Waals surface area contributed by atoms with Gasteiger partial charge in [0.05, 0.1) is 11.8 Å². The van der Waals surface area contributed by atoms with Gasteiger partial charge in [-0.3, -0.25) is 4.79 Å². The summed E-state index contributed by atoms with van der Waals surface area (Å²) in [4.78, 5) is 17.4. The maximum atomic E-state index is 12.9. The number of carbonyl (C=O) groups is 1. The zero-order chi connectivity index (χ0) is 19.5. The number of carbonyl (C=O) groups excluding carboxylic acids is 1. The Labute approximate surface area is 168 Å². The highest BCUT2D eigenvalue weighted by atomic mass is 35.5. The minimum absolute atomic E-state index is 0.0632. The van der Waals surface area contributed by atoms with E-state index in [1.165, 1.54) is 0 Å². The standard InChI is InChI=1S/C22H21ClN2O3/c1-14-4-7-17(8-5-14)25-22-19(21(26)24-13-18-3-2-10-27-18)12-15-11-16(23)6-9-20(15)28-22/h4-9,11-12,18H,2-3,10,13H2,1H3,(H,24,26). The van der Waals surface area contributed by atoms with E-state index in [1.807, 2.05) is 31.2 Å². The van der Waals surface area contributed by atoms with Crippen LogP contribution in [0.25, 0.3) is 11.0 Å². The minimum atomic E-state index is -0.244. The molecule has 1 atom stereocenters. The van der Waals surface area contributed by atoms with E-state index >= 15 is 0 Å². The molecule has 0 bridgehead atoms. The van der Waals surface area contributed by atoms with E-state index in [0.717, 1.165) is 36.1 Å². The first-order valence-corrected chi connectivity index (χ1v) is 9.71. The molecule has 1 aliphatic rings. The smallest absolute Gasteiger partial charge is 0.256 e. The second-order valence-corrected chi connectivity index (χ2v) is 7.38. The second-order valence-electron chi connectivity index (χ2n) is 6.94. The Bertz CT molecular complexity index is 1070. The van der Waals surface area contributed by atoms with Crippen molar-refractivity contribution in [3.8, 4) is 0 Å². The van der Waals surface area contributed by atoms with Crippen LogP contribution < -0.4 is 10.9 Å². The van der Waals surface area contributed by atoms with Gasteiger partial charge in [0, 0.05) is 23.6 Å². The molecule has 5 nitrogen and oxygen atoms in total. The third-order valence-electron chi connectivity index (χ3n) is 4.73. The molecule has 1 N–H and O–H groups in total. The molecule has 6 heteroatoms. The van der Waals surface area contributed by atoms with Crippen molar-refractivity contribution in [1.82, 2.24) is 5.32 Å². The van der Waals surface area contributed by atoms with Crippen LogP contribution in [-0.2, 0) is 4.74 Å². The molecule has 1 amide bonds. The Hall–Kier alpha value is -2.63. The molecule has 0 radical (unpaired) electrons. The van der Waals surface area contributed by atoms with Gasteiger partial charge in [-0.2, -0.15) is 0 Å². The van der Waals surface area contributed by atoms with Gasteiger partial charge >= 0.3 is 0 Å². The normalized spacial score (nSPS) is 17.2. The summed E-state index contributed by atoms with van der Waals surface area (Å²) in [6.07, 6.45) is 2.05. The van der Waals surface area contributed by atoms with E-state index in [2.05, 4.69) is 10.3 Å². The van der Waals surface area contributed by atoms with E-state index in [9.17, 15) is 4.79 Å². The number of amides is 1. The fraction of sp³-hybridized carbons (Fsp3) is 0.273. The number of nitrogens with one attached hydrogen (secondary N) is 1. The molecule has 0 spiro atoms. The van der Waals surface area contributed by atoms with Crippen LogP contribution >= 0.6 is 11.6 Å². The largest absolute Gasteiger partial charge is 0.438 e. The second kappa shape index (κ2) is 8.17. The fourth-order valence-corrected chi connectivity index (χ4v) is 3.37. The Balaban J connectivity index is 1.74. The van der Waals surface area contributed by atoms with Crippen LogP contribution in [0.1, 0.15) is 28.8 Å². The molecule has 1 aliphatic heterocycles. The molecule has 28 heavy (non-hydrogen) atoms. The zero-order valence-corrected chi connectivity index (χ0v) is 16.3. The van der Waals surface area contributed by atoms with Gasteiger partial charge in [-0.25, -0.2) is 4.99 Å². The average Bonchev–Trinajstić information content (AvgIpc) is 3.21. The van der Waals surface area contributed by atoms with E-state index < -0.39 is 0 Å². The Kier molecular flexibility index (Phi) is 5.46. The third-order valence-corrected chi connectivity index (χ3v) is 4.97. The highest BCUT2D eigenvalue weighted by Crippen LogP contribution is 2.20. The maximum Gasteiger partial charge on any atom is 0.256 e. The van der Waals surface area contributed by atoms with E-state index in [1.54, 1.807) is 24.3 Å². The van der Waals surface area contributed by atoms with Crippen molar-refractivity contribution in [2.45, 2.75) is 25.9 Å². The van der Waals surface area contributed by atoms with Gasteiger partial charge in [-0.15, -0.1) is 0 Å². The van der Waals surface area contributed by atoms with Crippen molar-refractivity contribution in [3.63, 3.8) is 0 Å². The summed E-state index contributed by atoms with van der Waals surface area (Å²) in [7, 11) is 0. The first kappa shape index (κ1) is 18.7. The number of fused-ring (bicyclic) bond motifs is 1. The minimum Gasteiger partial charge on any atom is -0.438 e. The molecule has 1 aromatic heterocycles. The number of hydrogen-bond acceptors (Lipinski definition) is 4. The van der Waals surface area contributed by atoms with Crippen molar-refractivity contribution < 1.29 is 13.9 Å². The summed E-state index contributed by atoms with van der Waals surface area (Å²) < 4.78 is 11.5. The van der Waals surface area contributed by atoms with Gasteiger partial charge in [0.15, 0.2) is 0 Å². The van der Waals surface area contributed by atoms with Gasteiger partial charge in [0.2, 0.25) is 5.55 Å². The van der Waals surface area contributed by atoms with E-state index in [-0.39, 0.29) is 17.6 Å². The molecule has 144 valence electrons. The van der Waals surface area contributed by atoms with E-state index in [4.69, 9.17) is 20.8 Å². The number of aryl methyl sites for hydroxylation is 1. The lowest BCUT2D eigenvalue weighted by Gasteiger charge is -2.11. The summed E-state index contributed by atoms with van der Waals surface area (Å²) in [6.45, 7) is 3.23. The summed E-state index contributed by atoms with van der Waals surface area (Å²) in [5.74, 6) is -0.244. The number of ether oxygens (including phenoxy) is 1. The van der Waals surface area contributed by atoms with Crippen molar-refractivity contribution in [1.29, 1.82) is 0 Å². The highest BCUT2D eigenvalue weighted by molar-refractivity contribution is 6.31. The Morgan fingerprint density at radius 2 is 2.04 bits per heavy atom. The highest BCUT2D eigenvalue weighted by Gasteiger charge is 2.18. The zero-order valence-electron chi connectivity index (χ0n) is 15.6. The van der Waals surface area contributed by atoms with E-state index in [0.29, 0.717) is 22.7 Å². The number of nitrogens with zero attached hydrogens (tertiary/aromatic N) is 1. The van der Waals surface area contributed by atoms with Crippen molar-refractivity contribution in [3.05, 3.63) is 70.2 Å². The van der Waals surface area contributed by atoms with Gasteiger partial charge in [-0.05, 0) is 56.2 Å². The van der Waals surface area contributed by atoms with Gasteiger partial charge in [0.25, 0.3) is 5.91 Å². The molecule has 0 saturated carbocycles. The lowest BCUT2D eigenvalue weighted by Crippen LogP contribution is -2.34. The SMILES string of the molecule is Cc1ccc(N=c2oc3ccc(Cl)cc3cc2C(=O)NCC2CCCO2)cc1. The number of halogens is 1. The lowest BCUT2D eigenvalue weighted by molar-refractivity contribution is 0.0854. The Morgan fingerprint density at radius 3 is 2.79 bits per heavy atom. The average molecular weight is 397 g/mol. The molecule has 3 aromatic rings. The summed E-state index contributed by atoms with van der Waals surface area (Å²) >= 11 is 6.10. The predicted octanol–water partition coefficient (Wildman–Crippen LogP) is 4.54. The predicted molar refractivity (Wildman–Crippen MR) is 109 cm³/mol. The summed E-state index contributed by atoms with van der Waals surface area (Å²) in [6, 6.07) is 14.8. The van der Waals surface area contributed by atoms with Crippen molar-refractivity contribution in [2.75, 3.05) is 13.2 Å². The molecule has 2 heterocycles. The van der Waals surface area contributed by atoms with Crippen LogP contribution in [0.4, 0.5) is 5.69 Å². The lowest BCUT2D eigenvalue weighted by atomic mass is 10.1. The maximum absolute atomic E-state index is 12.9. The quantitative estimate of drug-likeness (QED) is 0.704. The van der Waals surface area contributed by atoms with Crippen LogP contribution in [-0.4, -0.2) is 25.2 Å². The molecule has 1 saturated heterocycles. The molecule has 0 aliphatic carbocycles. The van der Waals surface area contributed by atoms with Crippen LogP contribution in [0.3, 0.4) is 0 Å². The van der Waals surface area contributed by atoms with Crippen LogP contribution in [0, 0.1) is 6.92 Å². The summed E-state index contributed by atoms with van der Waals surface area (Å²) in [5.41, 5.74) is 3.11. The summed E-state index contributed by atoms with van der Waals surface area (Å²) in [5, 5.41) is 4.27. The first-order chi connectivity index (χ1) is 13.6. The van der Waals surface area contributed by atoms with Crippen LogP contribution in [0.2, 0.25) is 5.02 Å². The van der Waals surface area contributed by atoms with Gasteiger partial charge < -0.3 is 14.5 Å². The fourth-order valence-electron chi connectivity index (χ4n) is 3.19. The molecule has 1 fully saturated rings. The number of benzene rings is 2. The van der Waals surface area contributed by atoms with Gasteiger partial charge in [-0.1, -0.05) is 29.3 Å². The molecule has 4 rings (SSSR count). The molecule has 1 unspecified atom stereocenters. The van der Waals surface area contributed by atoms with Gasteiger partial charge in [0.1, 0.15) is 11.1 Å². The molecular formula is C22H21ClN2O3. The number of rotatable bonds is 4. The van der Waals surface area contributed by atoms with Crippen molar-refractivity contribution in [2.24, 2.45) is 4.99 Å².